The Morgan fingerprint density at radius 1 is 0.514 bits per heavy atom. The quantitative estimate of drug-likeness (QED) is 0.228. The van der Waals surface area contributed by atoms with E-state index < -0.39 is 0 Å². The minimum Gasteiger partial charge on any atom is -0.0654 e. The smallest absolute Gasteiger partial charge is 0.0120 e. The normalized spacial score (nSPS) is 19.1. The molecule has 0 heterocycles. The van der Waals surface area contributed by atoms with Crippen LogP contribution in [-0.4, -0.2) is 0 Å². The van der Waals surface area contributed by atoms with Crippen LogP contribution in [0.4, 0.5) is 0 Å². The molecule has 0 heteroatoms. The van der Waals surface area contributed by atoms with Crippen LogP contribution in [0.1, 0.15) is 153 Å². The Hall–Kier alpha value is -2.08. The van der Waals surface area contributed by atoms with Crippen LogP contribution in [0, 0.1) is 5.41 Å². The lowest BCUT2D eigenvalue weighted by molar-refractivity contribution is 0.267. The molecule has 0 aliphatic heterocycles. The summed E-state index contributed by atoms with van der Waals surface area (Å²) < 4.78 is 0. The molecule has 2 atom stereocenters. The Kier molecular flexibility index (Phi) is 9.55. The van der Waals surface area contributed by atoms with E-state index in [1.54, 1.807) is 44.5 Å². The molecular formula is C37H52. The van der Waals surface area contributed by atoms with Gasteiger partial charge in [-0.1, -0.05) is 140 Å². The Morgan fingerprint density at radius 2 is 0.919 bits per heavy atom. The molecule has 4 rings (SSSR count). The zero-order chi connectivity index (χ0) is 26.4. The van der Waals surface area contributed by atoms with Gasteiger partial charge in [-0.15, -0.1) is 0 Å². The number of benzene rings is 2. The van der Waals surface area contributed by atoms with Crippen molar-refractivity contribution in [1.82, 2.24) is 0 Å². The van der Waals surface area contributed by atoms with Gasteiger partial charge in [0.2, 0.25) is 0 Å². The van der Waals surface area contributed by atoms with Gasteiger partial charge in [-0.25, -0.2) is 0 Å². The van der Waals surface area contributed by atoms with Crippen LogP contribution in [-0.2, 0) is 0 Å². The van der Waals surface area contributed by atoms with Crippen molar-refractivity contribution in [2.45, 2.75) is 130 Å². The third-order valence-electron chi connectivity index (χ3n) is 9.25. The molecule has 0 bridgehead atoms. The Labute approximate surface area is 228 Å². The molecule has 0 spiro atoms. The molecule has 200 valence electrons. The summed E-state index contributed by atoms with van der Waals surface area (Å²) >= 11 is 0. The summed E-state index contributed by atoms with van der Waals surface area (Å²) in [7, 11) is 0. The minimum absolute atomic E-state index is 0.125. The molecule has 37 heavy (non-hydrogen) atoms. The van der Waals surface area contributed by atoms with Crippen molar-refractivity contribution in [3.05, 3.63) is 81.9 Å². The molecule has 2 aromatic rings. The molecule has 2 aliphatic rings. The topological polar surface area (TPSA) is 0 Å². The van der Waals surface area contributed by atoms with Gasteiger partial charge in [-0.2, -0.15) is 0 Å². The highest BCUT2D eigenvalue weighted by atomic mass is 14.5. The maximum Gasteiger partial charge on any atom is 0.0120 e. The summed E-state index contributed by atoms with van der Waals surface area (Å²) in [6.07, 6.45) is 15.3. The molecule has 0 fully saturated rings. The van der Waals surface area contributed by atoms with E-state index in [4.69, 9.17) is 0 Å². The van der Waals surface area contributed by atoms with E-state index in [0.717, 1.165) is 0 Å². The first-order chi connectivity index (χ1) is 18.0. The average Bonchev–Trinajstić information content (AvgIpc) is 3.38. The fourth-order valence-corrected chi connectivity index (χ4v) is 7.81. The van der Waals surface area contributed by atoms with Crippen molar-refractivity contribution in [1.29, 1.82) is 0 Å². The molecule has 2 aromatic carbocycles. The van der Waals surface area contributed by atoms with E-state index in [-0.39, 0.29) is 5.41 Å². The number of hydrogen-bond acceptors (Lipinski definition) is 0. The van der Waals surface area contributed by atoms with E-state index in [1.807, 2.05) is 0 Å². The highest BCUT2D eigenvalue weighted by Crippen LogP contribution is 2.63. The fraction of sp³-hybridized carbons (Fsp3) is 0.568. The van der Waals surface area contributed by atoms with Gasteiger partial charge in [0.1, 0.15) is 0 Å². The summed E-state index contributed by atoms with van der Waals surface area (Å²) in [5.74, 6) is 1.00. The van der Waals surface area contributed by atoms with Crippen molar-refractivity contribution in [3.8, 4) is 0 Å². The molecule has 0 saturated carbocycles. The number of allylic oxidation sites excluding steroid dienone is 4. The standard InChI is InChI=1S/C37H52/c1-7-11-13-21-27-29-23-15-17-25-33(29)35(31(27)19-9-3)37(5,6)36-32(20-10-4)28(22-14-12-8-2)30-24-16-18-26-34(30)36/h15-18,23-26,35-36H,7-14,19-22H2,1-6H3. The minimum atomic E-state index is 0.125. The van der Waals surface area contributed by atoms with Gasteiger partial charge in [0.15, 0.2) is 0 Å². The van der Waals surface area contributed by atoms with E-state index >= 15 is 0 Å². The first-order valence-corrected chi connectivity index (χ1v) is 15.6. The highest BCUT2D eigenvalue weighted by molar-refractivity contribution is 5.81. The van der Waals surface area contributed by atoms with Crippen LogP contribution < -0.4 is 0 Å². The molecule has 0 saturated heterocycles. The summed E-state index contributed by atoms with van der Waals surface area (Å²) in [6.45, 7) is 14.6. The zero-order valence-electron chi connectivity index (χ0n) is 24.8. The van der Waals surface area contributed by atoms with Gasteiger partial charge < -0.3 is 0 Å². The molecule has 0 aromatic heterocycles. The zero-order valence-corrected chi connectivity index (χ0v) is 24.8. The lowest BCUT2D eigenvalue weighted by Crippen LogP contribution is -2.30. The van der Waals surface area contributed by atoms with Crippen molar-refractivity contribution in [2.75, 3.05) is 0 Å². The maximum absolute atomic E-state index is 2.62. The van der Waals surface area contributed by atoms with Crippen LogP contribution in [0.5, 0.6) is 0 Å². The van der Waals surface area contributed by atoms with Gasteiger partial charge in [0, 0.05) is 11.8 Å². The van der Waals surface area contributed by atoms with Crippen LogP contribution in [0.3, 0.4) is 0 Å². The van der Waals surface area contributed by atoms with Gasteiger partial charge in [0.25, 0.3) is 0 Å². The van der Waals surface area contributed by atoms with Gasteiger partial charge in [-0.05, 0) is 77.3 Å². The second-order valence-corrected chi connectivity index (χ2v) is 12.3. The molecule has 2 aliphatic carbocycles. The number of unbranched alkanes of at least 4 members (excludes halogenated alkanes) is 4. The van der Waals surface area contributed by atoms with E-state index in [9.17, 15) is 0 Å². The van der Waals surface area contributed by atoms with Crippen molar-refractivity contribution in [2.24, 2.45) is 5.41 Å². The van der Waals surface area contributed by atoms with Crippen molar-refractivity contribution in [3.63, 3.8) is 0 Å². The third kappa shape index (κ3) is 5.41. The first kappa shape index (κ1) is 27.9. The largest absolute Gasteiger partial charge is 0.0654 e. The van der Waals surface area contributed by atoms with E-state index in [2.05, 4.69) is 90.1 Å². The number of hydrogen-bond donors (Lipinski definition) is 0. The molecule has 0 radical (unpaired) electrons. The lowest BCUT2D eigenvalue weighted by Gasteiger charge is -2.42. The third-order valence-corrected chi connectivity index (χ3v) is 9.25. The second kappa shape index (κ2) is 12.6. The summed E-state index contributed by atoms with van der Waals surface area (Å²) in [6, 6.07) is 18.9. The molecule has 0 amide bonds. The molecular weight excluding hydrogens is 444 g/mol. The predicted octanol–water partition coefficient (Wildman–Crippen LogP) is 11.9. The summed E-state index contributed by atoms with van der Waals surface area (Å²) in [4.78, 5) is 0. The SMILES string of the molecule is CCCCCC1=C(CCC)C(C(C)(C)C2C(CCC)=C(CCCCC)c3ccccc32)c2ccccc21. The fourth-order valence-electron chi connectivity index (χ4n) is 7.81. The van der Waals surface area contributed by atoms with Crippen LogP contribution in [0.2, 0.25) is 0 Å². The molecule has 0 nitrogen and oxygen atoms in total. The van der Waals surface area contributed by atoms with Gasteiger partial charge >= 0.3 is 0 Å². The summed E-state index contributed by atoms with van der Waals surface area (Å²) in [5.41, 5.74) is 13.4. The lowest BCUT2D eigenvalue weighted by atomic mass is 9.61. The molecule has 2 unspecified atom stereocenters. The number of fused-ring (bicyclic) bond motifs is 2. The Morgan fingerprint density at radius 3 is 1.30 bits per heavy atom. The Bertz CT molecular complexity index is 1020. The number of rotatable bonds is 14. The summed E-state index contributed by atoms with van der Waals surface area (Å²) in [5, 5.41) is 0. The van der Waals surface area contributed by atoms with Gasteiger partial charge in [-0.3, -0.25) is 0 Å². The van der Waals surface area contributed by atoms with E-state index in [0.29, 0.717) is 11.8 Å². The Balaban J connectivity index is 1.85. The van der Waals surface area contributed by atoms with Crippen LogP contribution in [0.15, 0.2) is 59.7 Å². The van der Waals surface area contributed by atoms with Crippen molar-refractivity contribution >= 4 is 11.1 Å². The first-order valence-electron chi connectivity index (χ1n) is 15.6. The van der Waals surface area contributed by atoms with Crippen LogP contribution >= 0.6 is 0 Å². The monoisotopic (exact) mass is 496 g/mol. The second-order valence-electron chi connectivity index (χ2n) is 12.3. The van der Waals surface area contributed by atoms with Crippen LogP contribution in [0.25, 0.3) is 11.1 Å². The maximum atomic E-state index is 2.62. The average molecular weight is 497 g/mol. The van der Waals surface area contributed by atoms with E-state index in [1.165, 1.54) is 77.0 Å². The van der Waals surface area contributed by atoms with Gasteiger partial charge in [0.05, 0.1) is 0 Å². The molecule has 0 N–H and O–H groups in total. The predicted molar refractivity (Wildman–Crippen MR) is 164 cm³/mol. The highest BCUT2D eigenvalue weighted by Gasteiger charge is 2.48. The van der Waals surface area contributed by atoms with Crippen molar-refractivity contribution < 1.29 is 0 Å².